The van der Waals surface area contributed by atoms with Crippen LogP contribution in [0.5, 0.6) is 0 Å². The lowest BCUT2D eigenvalue weighted by atomic mass is 10.2. The second-order valence-corrected chi connectivity index (χ2v) is 3.86. The number of aromatic amines is 1. The highest BCUT2D eigenvalue weighted by Crippen LogP contribution is 1.97. The Morgan fingerprint density at radius 2 is 1.95 bits per heavy atom. The summed E-state index contributed by atoms with van der Waals surface area (Å²) in [5.74, 6) is 0.136. The van der Waals surface area contributed by atoms with Gasteiger partial charge in [-0.1, -0.05) is 18.2 Å². The molecule has 1 aromatic heterocycles. The van der Waals surface area contributed by atoms with Gasteiger partial charge in [-0.2, -0.15) is 0 Å². The molecule has 0 aliphatic rings. The number of benzene rings is 1. The quantitative estimate of drug-likeness (QED) is 0.728. The zero-order chi connectivity index (χ0) is 13.5. The topological polar surface area (TPSA) is 86.9 Å². The van der Waals surface area contributed by atoms with Crippen molar-refractivity contribution in [1.29, 1.82) is 0 Å². The molecule has 0 aliphatic heterocycles. The van der Waals surface area contributed by atoms with Crippen molar-refractivity contribution < 1.29 is 9.59 Å². The summed E-state index contributed by atoms with van der Waals surface area (Å²) in [6.07, 6.45) is 3.29. The summed E-state index contributed by atoms with van der Waals surface area (Å²) in [5.41, 5.74) is 0.529. The molecule has 0 aliphatic carbocycles. The van der Waals surface area contributed by atoms with Crippen molar-refractivity contribution in [3.05, 3.63) is 54.1 Å². The van der Waals surface area contributed by atoms with Crippen LogP contribution in [0.2, 0.25) is 0 Å². The van der Waals surface area contributed by atoms with Crippen LogP contribution < -0.4 is 10.6 Å². The minimum Gasteiger partial charge on any atom is -0.347 e. The van der Waals surface area contributed by atoms with Crippen molar-refractivity contribution >= 4 is 11.8 Å². The fourth-order valence-electron chi connectivity index (χ4n) is 1.49. The van der Waals surface area contributed by atoms with Crippen LogP contribution in [-0.4, -0.2) is 28.3 Å². The maximum atomic E-state index is 11.7. The third-order valence-corrected chi connectivity index (χ3v) is 2.45. The van der Waals surface area contributed by atoms with Crippen molar-refractivity contribution in [3.8, 4) is 0 Å². The van der Waals surface area contributed by atoms with Gasteiger partial charge in [-0.15, -0.1) is 0 Å². The molecule has 0 radical (unpaired) electrons. The zero-order valence-corrected chi connectivity index (χ0v) is 10.2. The summed E-state index contributed by atoms with van der Waals surface area (Å²) in [7, 11) is 0. The number of nitrogens with one attached hydrogen (secondary N) is 3. The number of H-pyrrole nitrogens is 1. The molecule has 0 saturated carbocycles. The van der Waals surface area contributed by atoms with Gasteiger partial charge in [-0.3, -0.25) is 9.59 Å². The van der Waals surface area contributed by atoms with Crippen molar-refractivity contribution in [3.63, 3.8) is 0 Å². The Bertz CT molecular complexity index is 537. The standard InChI is InChI=1S/C13H14N4O2/c18-12(16-8-11-14-6-7-15-11)9-17-13(19)10-4-2-1-3-5-10/h1-7H,8-9H2,(H,14,15)(H,16,18)(H,17,19). The lowest BCUT2D eigenvalue weighted by molar-refractivity contribution is -0.120. The molecular formula is C13H14N4O2. The molecule has 1 aromatic carbocycles. The Labute approximate surface area is 110 Å². The predicted molar refractivity (Wildman–Crippen MR) is 69.2 cm³/mol. The molecule has 0 spiro atoms. The number of rotatable bonds is 5. The maximum Gasteiger partial charge on any atom is 0.251 e. The first-order valence-corrected chi connectivity index (χ1v) is 5.84. The van der Waals surface area contributed by atoms with E-state index in [1.165, 1.54) is 0 Å². The lowest BCUT2D eigenvalue weighted by Gasteiger charge is -2.05. The first-order chi connectivity index (χ1) is 9.25. The molecule has 2 amide bonds. The normalized spacial score (nSPS) is 9.89. The summed E-state index contributed by atoms with van der Waals surface area (Å²) in [6, 6.07) is 8.75. The number of nitrogens with zero attached hydrogens (tertiary/aromatic N) is 1. The SMILES string of the molecule is O=C(CNC(=O)c1ccccc1)NCc1ncc[nH]1. The number of imidazole rings is 1. The number of hydrogen-bond donors (Lipinski definition) is 3. The molecule has 1 heterocycles. The Balaban J connectivity index is 1.73. The van der Waals surface area contributed by atoms with Gasteiger partial charge in [0, 0.05) is 18.0 Å². The molecule has 0 atom stereocenters. The van der Waals surface area contributed by atoms with Crippen LogP contribution >= 0.6 is 0 Å². The Kier molecular flexibility index (Phi) is 4.28. The molecule has 0 bridgehead atoms. The third kappa shape index (κ3) is 3.95. The molecule has 0 fully saturated rings. The number of hydrogen-bond acceptors (Lipinski definition) is 3. The third-order valence-electron chi connectivity index (χ3n) is 2.45. The molecule has 0 saturated heterocycles. The van der Waals surface area contributed by atoms with E-state index in [0.717, 1.165) is 0 Å². The van der Waals surface area contributed by atoms with Crippen LogP contribution in [-0.2, 0) is 11.3 Å². The van der Waals surface area contributed by atoms with E-state index in [0.29, 0.717) is 17.9 Å². The largest absolute Gasteiger partial charge is 0.347 e. The van der Waals surface area contributed by atoms with Crippen molar-refractivity contribution in [1.82, 2.24) is 20.6 Å². The monoisotopic (exact) mass is 258 g/mol. The second-order valence-electron chi connectivity index (χ2n) is 3.86. The fraction of sp³-hybridized carbons (Fsp3) is 0.154. The highest BCUT2D eigenvalue weighted by Gasteiger charge is 2.07. The minimum absolute atomic E-state index is 0.0611. The van der Waals surface area contributed by atoms with Crippen LogP contribution in [0.3, 0.4) is 0 Å². The van der Waals surface area contributed by atoms with Gasteiger partial charge in [0.1, 0.15) is 5.82 Å². The van der Waals surface area contributed by atoms with Crippen molar-refractivity contribution in [2.24, 2.45) is 0 Å². The maximum absolute atomic E-state index is 11.7. The molecule has 2 rings (SSSR count). The molecule has 6 heteroatoms. The lowest BCUT2D eigenvalue weighted by Crippen LogP contribution is -2.36. The van der Waals surface area contributed by atoms with E-state index in [1.807, 2.05) is 6.07 Å². The molecule has 3 N–H and O–H groups in total. The van der Waals surface area contributed by atoms with Crippen molar-refractivity contribution in [2.45, 2.75) is 6.54 Å². The summed E-state index contributed by atoms with van der Waals surface area (Å²) in [6.45, 7) is 0.251. The summed E-state index contributed by atoms with van der Waals surface area (Å²) in [4.78, 5) is 30.0. The number of carbonyl (C=O) groups excluding carboxylic acids is 2. The highest BCUT2D eigenvalue weighted by molar-refractivity contribution is 5.96. The summed E-state index contributed by atoms with van der Waals surface area (Å²) in [5, 5.41) is 5.19. The molecule has 98 valence electrons. The van der Waals surface area contributed by atoms with Gasteiger partial charge in [-0.25, -0.2) is 4.98 Å². The van der Waals surface area contributed by atoms with E-state index in [4.69, 9.17) is 0 Å². The number of aromatic nitrogens is 2. The number of carbonyl (C=O) groups is 2. The number of amides is 2. The van der Waals surface area contributed by atoms with E-state index < -0.39 is 0 Å². The molecule has 2 aromatic rings. The Hall–Kier alpha value is -2.63. The average Bonchev–Trinajstić information content (AvgIpc) is 2.96. The Morgan fingerprint density at radius 3 is 2.63 bits per heavy atom. The van der Waals surface area contributed by atoms with E-state index >= 15 is 0 Å². The molecule has 0 unspecified atom stereocenters. The fourth-order valence-corrected chi connectivity index (χ4v) is 1.49. The first kappa shape index (κ1) is 12.8. The van der Waals surface area contributed by atoms with Gasteiger partial charge in [0.05, 0.1) is 13.1 Å². The predicted octanol–water partition coefficient (Wildman–Crippen LogP) is 0.456. The second kappa shape index (κ2) is 6.34. The summed E-state index contributed by atoms with van der Waals surface area (Å²) >= 11 is 0. The molecule has 19 heavy (non-hydrogen) atoms. The van der Waals surface area contributed by atoms with Crippen LogP contribution in [0.1, 0.15) is 16.2 Å². The van der Waals surface area contributed by atoms with E-state index in [2.05, 4.69) is 20.6 Å². The van der Waals surface area contributed by atoms with Crippen LogP contribution in [0.15, 0.2) is 42.7 Å². The van der Waals surface area contributed by atoms with Gasteiger partial charge < -0.3 is 15.6 Å². The van der Waals surface area contributed by atoms with E-state index in [1.54, 1.807) is 36.7 Å². The van der Waals surface area contributed by atoms with E-state index in [9.17, 15) is 9.59 Å². The zero-order valence-electron chi connectivity index (χ0n) is 10.2. The van der Waals surface area contributed by atoms with Gasteiger partial charge >= 0.3 is 0 Å². The Morgan fingerprint density at radius 1 is 1.16 bits per heavy atom. The van der Waals surface area contributed by atoms with Gasteiger partial charge in [0.25, 0.3) is 5.91 Å². The van der Waals surface area contributed by atoms with Crippen LogP contribution in [0.25, 0.3) is 0 Å². The highest BCUT2D eigenvalue weighted by atomic mass is 16.2. The molecular weight excluding hydrogens is 244 g/mol. The molecule has 6 nitrogen and oxygen atoms in total. The first-order valence-electron chi connectivity index (χ1n) is 5.84. The summed E-state index contributed by atoms with van der Waals surface area (Å²) < 4.78 is 0. The van der Waals surface area contributed by atoms with Crippen LogP contribution in [0.4, 0.5) is 0 Å². The van der Waals surface area contributed by atoms with Crippen molar-refractivity contribution in [2.75, 3.05) is 6.54 Å². The van der Waals surface area contributed by atoms with Gasteiger partial charge in [0.15, 0.2) is 0 Å². The van der Waals surface area contributed by atoms with Gasteiger partial charge in [-0.05, 0) is 12.1 Å². The van der Waals surface area contributed by atoms with E-state index in [-0.39, 0.29) is 18.4 Å². The smallest absolute Gasteiger partial charge is 0.251 e. The van der Waals surface area contributed by atoms with Gasteiger partial charge in [0.2, 0.25) is 5.91 Å². The average molecular weight is 258 g/mol. The van der Waals surface area contributed by atoms with Crippen LogP contribution in [0, 0.1) is 0 Å². The minimum atomic E-state index is -0.270.